The van der Waals surface area contributed by atoms with Crippen LogP contribution in [0.4, 0.5) is 5.82 Å². The second-order valence-corrected chi connectivity index (χ2v) is 3.99. The molecule has 5 heteroatoms. The summed E-state index contributed by atoms with van der Waals surface area (Å²) in [6.07, 6.45) is 3.28. The summed E-state index contributed by atoms with van der Waals surface area (Å²) in [5.74, 6) is 0.326. The first-order valence-corrected chi connectivity index (χ1v) is 5.38. The van der Waals surface area contributed by atoms with Gasteiger partial charge in [-0.15, -0.1) is 0 Å². The van der Waals surface area contributed by atoms with Gasteiger partial charge in [0, 0.05) is 18.8 Å². The van der Waals surface area contributed by atoms with Crippen LogP contribution in [-0.4, -0.2) is 15.8 Å². The lowest BCUT2D eigenvalue weighted by Gasteiger charge is -2.01. The lowest BCUT2D eigenvalue weighted by molar-refractivity contribution is 0.0988. The van der Waals surface area contributed by atoms with E-state index in [4.69, 9.17) is 17.3 Å². The summed E-state index contributed by atoms with van der Waals surface area (Å²) in [4.78, 5) is 19.7. The number of hydrogen-bond acceptors (Lipinski definition) is 4. The van der Waals surface area contributed by atoms with Gasteiger partial charge in [0.2, 0.25) is 0 Å². The predicted molar refractivity (Wildman–Crippen MR) is 65.9 cm³/mol. The fraction of sp³-hybridized carbons (Fsp3) is 0.0833. The average Bonchev–Trinajstić information content (AvgIpc) is 2.29. The molecule has 0 saturated carbocycles. The van der Waals surface area contributed by atoms with Gasteiger partial charge in [0.1, 0.15) is 11.5 Å². The highest BCUT2D eigenvalue weighted by Crippen LogP contribution is 2.10. The monoisotopic (exact) mass is 247 g/mol. The summed E-state index contributed by atoms with van der Waals surface area (Å²) in [5.41, 5.74) is 6.75. The minimum atomic E-state index is -0.0766. The quantitative estimate of drug-likeness (QED) is 0.844. The molecule has 86 valence electrons. The van der Waals surface area contributed by atoms with E-state index in [1.54, 1.807) is 30.5 Å². The summed E-state index contributed by atoms with van der Waals surface area (Å²) in [5, 5.41) is 0.509. The van der Waals surface area contributed by atoms with Gasteiger partial charge in [0.15, 0.2) is 5.78 Å². The van der Waals surface area contributed by atoms with E-state index in [1.807, 2.05) is 0 Å². The third kappa shape index (κ3) is 3.01. The molecule has 2 aromatic heterocycles. The molecule has 2 rings (SSSR count). The topological polar surface area (TPSA) is 68.9 Å². The van der Waals surface area contributed by atoms with Crippen molar-refractivity contribution in [3.63, 3.8) is 0 Å². The van der Waals surface area contributed by atoms with Crippen molar-refractivity contribution in [2.24, 2.45) is 0 Å². The SMILES string of the molecule is Nc1cc(CC(=O)c2ccc(Cl)cn2)ccn1. The molecule has 0 amide bonds. The normalized spacial score (nSPS) is 10.2. The lowest BCUT2D eigenvalue weighted by Crippen LogP contribution is -2.06. The number of nitrogens with zero attached hydrogens (tertiary/aromatic N) is 2. The number of halogens is 1. The molecular weight excluding hydrogens is 238 g/mol. The molecule has 0 aliphatic carbocycles. The van der Waals surface area contributed by atoms with E-state index in [2.05, 4.69) is 9.97 Å². The van der Waals surface area contributed by atoms with Crippen LogP contribution in [0.1, 0.15) is 16.1 Å². The number of nitrogens with two attached hydrogens (primary N) is 1. The Morgan fingerprint density at radius 1 is 1.29 bits per heavy atom. The second kappa shape index (κ2) is 4.93. The van der Waals surface area contributed by atoms with Crippen molar-refractivity contribution in [2.75, 3.05) is 5.73 Å². The Kier molecular flexibility index (Phi) is 3.35. The van der Waals surface area contributed by atoms with Gasteiger partial charge in [0.05, 0.1) is 5.02 Å². The molecule has 0 aromatic carbocycles. The van der Waals surface area contributed by atoms with Crippen LogP contribution in [-0.2, 0) is 6.42 Å². The number of anilines is 1. The van der Waals surface area contributed by atoms with E-state index >= 15 is 0 Å². The molecule has 0 atom stereocenters. The Hall–Kier alpha value is -1.94. The van der Waals surface area contributed by atoms with Crippen molar-refractivity contribution >= 4 is 23.2 Å². The van der Waals surface area contributed by atoms with Gasteiger partial charge in [-0.25, -0.2) is 4.98 Å². The van der Waals surface area contributed by atoms with Crippen molar-refractivity contribution in [3.05, 3.63) is 52.9 Å². The lowest BCUT2D eigenvalue weighted by atomic mass is 10.1. The average molecular weight is 248 g/mol. The van der Waals surface area contributed by atoms with Crippen molar-refractivity contribution < 1.29 is 4.79 Å². The van der Waals surface area contributed by atoms with Crippen molar-refractivity contribution in [3.8, 4) is 0 Å². The van der Waals surface area contributed by atoms with Gasteiger partial charge < -0.3 is 5.73 Å². The smallest absolute Gasteiger partial charge is 0.185 e. The molecule has 4 nitrogen and oxygen atoms in total. The van der Waals surface area contributed by atoms with Gasteiger partial charge >= 0.3 is 0 Å². The molecule has 0 aliphatic heterocycles. The molecular formula is C12H10ClN3O. The Balaban J connectivity index is 2.14. The third-order valence-electron chi connectivity index (χ3n) is 2.22. The molecule has 2 aromatic rings. The van der Waals surface area contributed by atoms with Crippen LogP contribution in [0.3, 0.4) is 0 Å². The minimum Gasteiger partial charge on any atom is -0.384 e. The number of ketones is 1. The van der Waals surface area contributed by atoms with Crippen LogP contribution in [0.25, 0.3) is 0 Å². The molecule has 0 radical (unpaired) electrons. The number of pyridine rings is 2. The van der Waals surface area contributed by atoms with E-state index in [0.29, 0.717) is 16.5 Å². The maximum absolute atomic E-state index is 11.9. The van der Waals surface area contributed by atoms with Gasteiger partial charge in [-0.2, -0.15) is 0 Å². The van der Waals surface area contributed by atoms with E-state index < -0.39 is 0 Å². The maximum Gasteiger partial charge on any atom is 0.185 e. The molecule has 0 unspecified atom stereocenters. The van der Waals surface area contributed by atoms with Gasteiger partial charge in [0.25, 0.3) is 0 Å². The number of aromatic nitrogens is 2. The van der Waals surface area contributed by atoms with Crippen LogP contribution in [0.5, 0.6) is 0 Å². The van der Waals surface area contributed by atoms with E-state index in [1.165, 1.54) is 6.20 Å². The molecule has 0 bridgehead atoms. The Bertz CT molecular complexity index is 540. The first-order chi connectivity index (χ1) is 8.15. The highest BCUT2D eigenvalue weighted by atomic mass is 35.5. The highest BCUT2D eigenvalue weighted by Gasteiger charge is 2.08. The van der Waals surface area contributed by atoms with Crippen molar-refractivity contribution in [1.29, 1.82) is 0 Å². The third-order valence-corrected chi connectivity index (χ3v) is 2.45. The van der Waals surface area contributed by atoms with Crippen LogP contribution in [0.15, 0.2) is 36.7 Å². The van der Waals surface area contributed by atoms with Crippen LogP contribution < -0.4 is 5.73 Å². The van der Waals surface area contributed by atoms with Crippen molar-refractivity contribution in [1.82, 2.24) is 9.97 Å². The molecule has 0 aliphatic rings. The molecule has 17 heavy (non-hydrogen) atoms. The first kappa shape index (κ1) is 11.5. The predicted octanol–water partition coefficient (Wildman–Crippen LogP) is 2.14. The zero-order valence-electron chi connectivity index (χ0n) is 8.93. The summed E-state index contributed by atoms with van der Waals surface area (Å²) in [6, 6.07) is 6.68. The summed E-state index contributed by atoms with van der Waals surface area (Å²) >= 11 is 5.70. The largest absolute Gasteiger partial charge is 0.384 e. The Morgan fingerprint density at radius 3 is 2.76 bits per heavy atom. The summed E-state index contributed by atoms with van der Waals surface area (Å²) < 4.78 is 0. The Morgan fingerprint density at radius 2 is 2.12 bits per heavy atom. The standard InChI is InChI=1S/C12H10ClN3O/c13-9-1-2-10(16-7-9)11(17)5-8-3-4-15-12(14)6-8/h1-4,6-7H,5H2,(H2,14,15). The fourth-order valence-electron chi connectivity index (χ4n) is 1.42. The number of Topliss-reactive ketones (excluding diaryl/α,β-unsaturated/α-hetero) is 1. The highest BCUT2D eigenvalue weighted by molar-refractivity contribution is 6.30. The number of nitrogen functional groups attached to an aromatic ring is 1. The molecule has 2 heterocycles. The summed E-state index contributed by atoms with van der Waals surface area (Å²) in [7, 11) is 0. The minimum absolute atomic E-state index is 0.0766. The number of rotatable bonds is 3. The van der Waals surface area contributed by atoms with Crippen molar-refractivity contribution in [2.45, 2.75) is 6.42 Å². The molecule has 0 fully saturated rings. The maximum atomic E-state index is 11.9. The molecule has 0 spiro atoms. The Labute approximate surface area is 103 Å². The van der Waals surface area contributed by atoms with Crippen LogP contribution in [0.2, 0.25) is 5.02 Å². The van der Waals surface area contributed by atoms with Gasteiger partial charge in [-0.1, -0.05) is 11.6 Å². The first-order valence-electron chi connectivity index (χ1n) is 5.00. The fourth-order valence-corrected chi connectivity index (χ4v) is 1.53. The number of carbonyl (C=O) groups excluding carboxylic acids is 1. The molecule has 0 saturated heterocycles. The van der Waals surface area contributed by atoms with Gasteiger partial charge in [-0.3, -0.25) is 9.78 Å². The second-order valence-electron chi connectivity index (χ2n) is 3.55. The number of carbonyl (C=O) groups is 1. The summed E-state index contributed by atoms with van der Waals surface area (Å²) in [6.45, 7) is 0. The zero-order chi connectivity index (χ0) is 12.3. The van der Waals surface area contributed by atoms with Crippen LogP contribution in [0, 0.1) is 0 Å². The number of hydrogen-bond donors (Lipinski definition) is 1. The van der Waals surface area contributed by atoms with Gasteiger partial charge in [-0.05, 0) is 29.8 Å². The van der Waals surface area contributed by atoms with E-state index in [-0.39, 0.29) is 12.2 Å². The molecule has 2 N–H and O–H groups in total. The zero-order valence-corrected chi connectivity index (χ0v) is 9.69. The van der Waals surface area contributed by atoms with E-state index in [9.17, 15) is 4.79 Å². The van der Waals surface area contributed by atoms with Crippen LogP contribution >= 0.6 is 11.6 Å². The van der Waals surface area contributed by atoms with E-state index in [0.717, 1.165) is 5.56 Å².